The Morgan fingerprint density at radius 1 is 1.26 bits per heavy atom. The van der Waals surface area contributed by atoms with Crippen LogP contribution in [0.4, 0.5) is 0 Å². The molecule has 0 bridgehead atoms. The predicted octanol–water partition coefficient (Wildman–Crippen LogP) is 1.63. The van der Waals surface area contributed by atoms with E-state index in [2.05, 4.69) is 43.0 Å². The molecule has 0 aliphatic heterocycles. The standard InChI is InChI=1S/C15H23NO3/c1-10-5-12(3)13(6-11(10)2)8-16-9-14(17)7-15(18)19-4/h5-6,14,16-17H,7-9H2,1-4H3. The highest BCUT2D eigenvalue weighted by Crippen LogP contribution is 2.15. The lowest BCUT2D eigenvalue weighted by Crippen LogP contribution is -2.29. The van der Waals surface area contributed by atoms with Gasteiger partial charge >= 0.3 is 5.97 Å². The van der Waals surface area contributed by atoms with Gasteiger partial charge in [0.1, 0.15) is 0 Å². The molecular formula is C15H23NO3. The Balaban J connectivity index is 2.45. The molecule has 1 aromatic carbocycles. The summed E-state index contributed by atoms with van der Waals surface area (Å²) in [6.07, 6.45) is -0.686. The number of aliphatic hydroxyl groups is 1. The number of hydrogen-bond acceptors (Lipinski definition) is 4. The van der Waals surface area contributed by atoms with Crippen molar-refractivity contribution in [3.05, 3.63) is 34.4 Å². The van der Waals surface area contributed by atoms with Gasteiger partial charge in [0.25, 0.3) is 0 Å². The summed E-state index contributed by atoms with van der Waals surface area (Å²) in [5, 5.41) is 12.8. The molecule has 0 saturated carbocycles. The Bertz CT molecular complexity index is 443. The van der Waals surface area contributed by atoms with Crippen LogP contribution in [-0.4, -0.2) is 30.8 Å². The van der Waals surface area contributed by atoms with Gasteiger partial charge in [-0.15, -0.1) is 0 Å². The highest BCUT2D eigenvalue weighted by atomic mass is 16.5. The third kappa shape index (κ3) is 5.01. The van der Waals surface area contributed by atoms with Crippen molar-refractivity contribution in [3.8, 4) is 0 Å². The highest BCUT2D eigenvalue weighted by molar-refractivity contribution is 5.69. The molecule has 106 valence electrons. The average molecular weight is 265 g/mol. The maximum Gasteiger partial charge on any atom is 0.308 e. The zero-order chi connectivity index (χ0) is 14.4. The van der Waals surface area contributed by atoms with Gasteiger partial charge in [-0.2, -0.15) is 0 Å². The molecule has 0 aromatic heterocycles. The molecule has 1 aromatic rings. The molecule has 1 unspecified atom stereocenters. The van der Waals surface area contributed by atoms with Crippen molar-refractivity contribution in [2.24, 2.45) is 0 Å². The monoisotopic (exact) mass is 265 g/mol. The van der Waals surface area contributed by atoms with Gasteiger partial charge in [0.2, 0.25) is 0 Å². The first-order valence-electron chi connectivity index (χ1n) is 6.46. The van der Waals surface area contributed by atoms with Crippen LogP contribution >= 0.6 is 0 Å². The first kappa shape index (κ1) is 15.7. The van der Waals surface area contributed by atoms with Crippen LogP contribution in [-0.2, 0) is 16.1 Å². The zero-order valence-corrected chi connectivity index (χ0v) is 12.1. The summed E-state index contributed by atoms with van der Waals surface area (Å²) in [5.41, 5.74) is 5.00. The molecule has 0 saturated heterocycles. The number of aryl methyl sites for hydroxylation is 3. The lowest BCUT2D eigenvalue weighted by atomic mass is 10.0. The molecule has 4 heteroatoms. The van der Waals surface area contributed by atoms with Gasteiger partial charge in [-0.1, -0.05) is 12.1 Å². The summed E-state index contributed by atoms with van der Waals surface area (Å²) in [4.78, 5) is 11.0. The molecule has 0 amide bonds. The molecule has 0 fully saturated rings. The van der Waals surface area contributed by atoms with E-state index >= 15 is 0 Å². The second-order valence-electron chi connectivity index (χ2n) is 4.93. The fourth-order valence-electron chi connectivity index (χ4n) is 1.93. The molecule has 1 atom stereocenters. The van der Waals surface area contributed by atoms with Crippen molar-refractivity contribution in [1.29, 1.82) is 0 Å². The van der Waals surface area contributed by atoms with E-state index in [0.29, 0.717) is 13.1 Å². The summed E-state index contributed by atoms with van der Waals surface area (Å²) in [6.45, 7) is 7.32. The van der Waals surface area contributed by atoms with Crippen LogP contribution < -0.4 is 5.32 Å². The molecule has 4 nitrogen and oxygen atoms in total. The smallest absolute Gasteiger partial charge is 0.308 e. The number of esters is 1. The molecule has 2 N–H and O–H groups in total. The van der Waals surface area contributed by atoms with E-state index in [1.807, 2.05) is 0 Å². The third-order valence-corrected chi connectivity index (χ3v) is 3.28. The normalized spacial score (nSPS) is 12.3. The molecule has 1 rings (SSSR count). The average Bonchev–Trinajstić information content (AvgIpc) is 2.35. The number of methoxy groups -OCH3 is 1. The Labute approximate surface area is 114 Å². The van der Waals surface area contributed by atoms with Crippen molar-refractivity contribution in [2.75, 3.05) is 13.7 Å². The Morgan fingerprint density at radius 2 is 1.89 bits per heavy atom. The highest BCUT2D eigenvalue weighted by Gasteiger charge is 2.10. The minimum atomic E-state index is -0.709. The van der Waals surface area contributed by atoms with Crippen molar-refractivity contribution in [1.82, 2.24) is 5.32 Å². The number of carbonyl (C=O) groups is 1. The van der Waals surface area contributed by atoms with Crippen LogP contribution in [0.25, 0.3) is 0 Å². The Morgan fingerprint density at radius 3 is 2.53 bits per heavy atom. The quantitative estimate of drug-likeness (QED) is 0.768. The molecule has 0 aliphatic carbocycles. The first-order valence-corrected chi connectivity index (χ1v) is 6.46. The van der Waals surface area contributed by atoms with Crippen molar-refractivity contribution in [3.63, 3.8) is 0 Å². The molecular weight excluding hydrogens is 242 g/mol. The van der Waals surface area contributed by atoms with E-state index in [0.717, 1.165) is 0 Å². The van der Waals surface area contributed by atoms with Crippen LogP contribution in [0.2, 0.25) is 0 Å². The second kappa shape index (κ2) is 7.26. The summed E-state index contributed by atoms with van der Waals surface area (Å²) in [5.74, 6) is -0.392. The lowest BCUT2D eigenvalue weighted by molar-refractivity contribution is -0.142. The van der Waals surface area contributed by atoms with Gasteiger partial charge < -0.3 is 15.2 Å². The third-order valence-electron chi connectivity index (χ3n) is 3.28. The second-order valence-corrected chi connectivity index (χ2v) is 4.93. The molecule has 0 heterocycles. The number of benzene rings is 1. The fourth-order valence-corrected chi connectivity index (χ4v) is 1.93. The van der Waals surface area contributed by atoms with Crippen LogP contribution in [0.3, 0.4) is 0 Å². The number of carbonyl (C=O) groups excluding carboxylic acids is 1. The van der Waals surface area contributed by atoms with E-state index < -0.39 is 12.1 Å². The van der Waals surface area contributed by atoms with E-state index in [1.54, 1.807) is 0 Å². The Hall–Kier alpha value is -1.39. The number of hydrogen-bond donors (Lipinski definition) is 2. The number of nitrogens with one attached hydrogen (secondary N) is 1. The molecule has 0 aliphatic rings. The largest absolute Gasteiger partial charge is 0.469 e. The van der Waals surface area contributed by atoms with E-state index in [-0.39, 0.29) is 6.42 Å². The number of ether oxygens (including phenoxy) is 1. The maximum atomic E-state index is 11.0. The van der Waals surface area contributed by atoms with Crippen LogP contribution in [0.1, 0.15) is 28.7 Å². The lowest BCUT2D eigenvalue weighted by Gasteiger charge is -2.13. The first-order chi connectivity index (χ1) is 8.93. The van der Waals surface area contributed by atoms with Gasteiger partial charge in [0.05, 0.1) is 19.6 Å². The topological polar surface area (TPSA) is 58.6 Å². The van der Waals surface area contributed by atoms with Crippen LogP contribution in [0.5, 0.6) is 0 Å². The Kier molecular flexibility index (Phi) is 5.99. The van der Waals surface area contributed by atoms with Crippen molar-refractivity contribution < 1.29 is 14.6 Å². The van der Waals surface area contributed by atoms with E-state index in [9.17, 15) is 9.90 Å². The molecule has 0 spiro atoms. The van der Waals surface area contributed by atoms with Crippen LogP contribution in [0, 0.1) is 20.8 Å². The fraction of sp³-hybridized carbons (Fsp3) is 0.533. The summed E-state index contributed by atoms with van der Waals surface area (Å²) >= 11 is 0. The zero-order valence-electron chi connectivity index (χ0n) is 12.1. The number of aliphatic hydroxyl groups excluding tert-OH is 1. The van der Waals surface area contributed by atoms with Crippen molar-refractivity contribution >= 4 is 5.97 Å². The SMILES string of the molecule is COC(=O)CC(O)CNCc1cc(C)c(C)cc1C. The summed E-state index contributed by atoms with van der Waals surface area (Å²) in [6, 6.07) is 4.32. The molecule has 0 radical (unpaired) electrons. The van der Waals surface area contributed by atoms with Gasteiger partial charge in [-0.25, -0.2) is 0 Å². The predicted molar refractivity (Wildman–Crippen MR) is 75.0 cm³/mol. The van der Waals surface area contributed by atoms with Gasteiger partial charge in [0.15, 0.2) is 0 Å². The van der Waals surface area contributed by atoms with Gasteiger partial charge in [0, 0.05) is 13.1 Å². The van der Waals surface area contributed by atoms with Crippen LogP contribution in [0.15, 0.2) is 12.1 Å². The summed E-state index contributed by atoms with van der Waals surface area (Å²) in [7, 11) is 1.32. The minimum absolute atomic E-state index is 0.0232. The summed E-state index contributed by atoms with van der Waals surface area (Å²) < 4.78 is 4.51. The van der Waals surface area contributed by atoms with E-state index in [1.165, 1.54) is 29.4 Å². The number of rotatable bonds is 6. The van der Waals surface area contributed by atoms with Crippen molar-refractivity contribution in [2.45, 2.75) is 39.8 Å². The maximum absolute atomic E-state index is 11.0. The minimum Gasteiger partial charge on any atom is -0.469 e. The van der Waals surface area contributed by atoms with Gasteiger partial charge in [-0.05, 0) is 43.0 Å². The molecule has 19 heavy (non-hydrogen) atoms. The van der Waals surface area contributed by atoms with E-state index in [4.69, 9.17) is 0 Å². The van der Waals surface area contributed by atoms with Gasteiger partial charge in [-0.3, -0.25) is 4.79 Å².